The molecule has 158 valence electrons. The van der Waals surface area contributed by atoms with Crippen molar-refractivity contribution >= 4 is 11.8 Å². The third-order valence-corrected chi connectivity index (χ3v) is 10.1. The van der Waals surface area contributed by atoms with Crippen molar-refractivity contribution in [3.8, 4) is 0 Å². The number of aliphatic hydroxyl groups excluding tert-OH is 1. The minimum atomic E-state index is -0.691. The Morgan fingerprint density at radius 1 is 1.14 bits per heavy atom. The van der Waals surface area contributed by atoms with E-state index in [0.29, 0.717) is 47.7 Å². The van der Waals surface area contributed by atoms with Crippen molar-refractivity contribution in [2.24, 2.45) is 46.3 Å². The Morgan fingerprint density at radius 3 is 2.57 bits per heavy atom. The van der Waals surface area contributed by atoms with Crippen LogP contribution in [0.1, 0.15) is 85.0 Å². The number of aliphatic carboxylic acids is 1. The van der Waals surface area contributed by atoms with E-state index in [-0.39, 0.29) is 23.4 Å². The Morgan fingerprint density at radius 2 is 1.86 bits per heavy atom. The number of fused-ring (bicyclic) bond motifs is 5. The quantitative estimate of drug-likeness (QED) is 0.730. The summed E-state index contributed by atoms with van der Waals surface area (Å²) in [5.74, 6) is 2.52. The van der Waals surface area contributed by atoms with E-state index in [1.807, 2.05) is 0 Å². The van der Waals surface area contributed by atoms with Gasteiger partial charge in [-0.2, -0.15) is 0 Å². The Kier molecular flexibility index (Phi) is 5.17. The van der Waals surface area contributed by atoms with Crippen LogP contribution in [0.3, 0.4) is 0 Å². The molecule has 4 aliphatic carbocycles. The molecule has 0 heterocycles. The molecule has 0 radical (unpaired) electrons. The average Bonchev–Trinajstić information content (AvgIpc) is 2.98. The molecule has 0 aromatic rings. The van der Waals surface area contributed by atoms with Gasteiger partial charge in [-0.3, -0.25) is 9.59 Å². The number of carboxylic acids is 1. The molecule has 4 aliphatic rings. The number of rotatable bonds is 4. The van der Waals surface area contributed by atoms with Crippen molar-refractivity contribution in [2.75, 3.05) is 0 Å². The lowest BCUT2D eigenvalue weighted by Crippen LogP contribution is -2.58. The topological polar surface area (TPSA) is 74.6 Å². The number of ketones is 1. The first kappa shape index (κ1) is 20.4. The Hall–Kier alpha value is -0.900. The van der Waals surface area contributed by atoms with Gasteiger partial charge in [0.2, 0.25) is 0 Å². The maximum atomic E-state index is 12.1. The van der Waals surface area contributed by atoms with Gasteiger partial charge in [0.05, 0.1) is 6.10 Å². The molecule has 4 rings (SSSR count). The molecule has 4 nitrogen and oxygen atoms in total. The Labute approximate surface area is 169 Å². The van der Waals surface area contributed by atoms with Gasteiger partial charge in [0.15, 0.2) is 0 Å². The van der Waals surface area contributed by atoms with E-state index in [4.69, 9.17) is 5.11 Å². The summed E-state index contributed by atoms with van der Waals surface area (Å²) in [4.78, 5) is 23.1. The molecule has 4 fully saturated rings. The highest BCUT2D eigenvalue weighted by molar-refractivity contribution is 5.79. The van der Waals surface area contributed by atoms with E-state index in [1.54, 1.807) is 0 Å². The molecule has 28 heavy (non-hydrogen) atoms. The number of hydrogen-bond donors (Lipinski definition) is 2. The molecule has 4 heteroatoms. The normalized spacial score (nSPS) is 49.1. The summed E-state index contributed by atoms with van der Waals surface area (Å²) < 4.78 is 0. The van der Waals surface area contributed by atoms with Gasteiger partial charge in [0.1, 0.15) is 5.78 Å². The molecular weight excluding hydrogens is 352 g/mol. The van der Waals surface area contributed by atoms with Gasteiger partial charge in [-0.15, -0.1) is 0 Å². The first-order valence-electron chi connectivity index (χ1n) is 11.6. The summed E-state index contributed by atoms with van der Waals surface area (Å²) in [5, 5.41) is 20.3. The predicted molar refractivity (Wildman–Crippen MR) is 108 cm³/mol. The summed E-state index contributed by atoms with van der Waals surface area (Å²) in [7, 11) is 0. The van der Waals surface area contributed by atoms with Gasteiger partial charge >= 0.3 is 5.97 Å². The largest absolute Gasteiger partial charge is 0.481 e. The summed E-state index contributed by atoms with van der Waals surface area (Å²) >= 11 is 0. The van der Waals surface area contributed by atoms with E-state index in [0.717, 1.165) is 32.1 Å². The van der Waals surface area contributed by atoms with Gasteiger partial charge in [0, 0.05) is 19.3 Å². The summed E-state index contributed by atoms with van der Waals surface area (Å²) in [5.41, 5.74) is 0.444. The molecule has 2 N–H and O–H groups in total. The van der Waals surface area contributed by atoms with Crippen LogP contribution in [0.15, 0.2) is 0 Å². The van der Waals surface area contributed by atoms with Gasteiger partial charge in [0.25, 0.3) is 0 Å². The molecule has 0 unspecified atom stereocenters. The minimum absolute atomic E-state index is 0.214. The molecule has 4 saturated carbocycles. The van der Waals surface area contributed by atoms with Gasteiger partial charge in [-0.1, -0.05) is 20.8 Å². The van der Waals surface area contributed by atoms with Crippen LogP contribution in [0.5, 0.6) is 0 Å². The number of carboxylic acid groups (broad SMARTS) is 1. The van der Waals surface area contributed by atoms with Gasteiger partial charge in [-0.05, 0) is 91.3 Å². The van der Waals surface area contributed by atoms with Crippen molar-refractivity contribution in [3.05, 3.63) is 0 Å². The number of Topliss-reactive ketones (excluding diaryl/α,β-unsaturated/α-hetero) is 1. The first-order chi connectivity index (χ1) is 13.2. The van der Waals surface area contributed by atoms with Crippen LogP contribution < -0.4 is 0 Å². The van der Waals surface area contributed by atoms with E-state index in [1.165, 1.54) is 19.3 Å². The molecule has 0 bridgehead atoms. The zero-order valence-corrected chi connectivity index (χ0v) is 17.8. The van der Waals surface area contributed by atoms with E-state index >= 15 is 0 Å². The lowest BCUT2D eigenvalue weighted by Gasteiger charge is -2.62. The molecule has 0 aromatic heterocycles. The third kappa shape index (κ3) is 3.05. The van der Waals surface area contributed by atoms with Crippen LogP contribution in [-0.2, 0) is 9.59 Å². The second-order valence-corrected chi connectivity index (χ2v) is 11.2. The molecule has 0 spiro atoms. The fourth-order valence-corrected chi connectivity index (χ4v) is 8.54. The monoisotopic (exact) mass is 390 g/mol. The van der Waals surface area contributed by atoms with Gasteiger partial charge in [-0.25, -0.2) is 0 Å². The molecule has 9 atom stereocenters. The average molecular weight is 391 g/mol. The highest BCUT2D eigenvalue weighted by Crippen LogP contribution is 2.68. The molecular formula is C24H38O4. The minimum Gasteiger partial charge on any atom is -0.481 e. The van der Waals surface area contributed by atoms with Crippen LogP contribution in [0.2, 0.25) is 0 Å². The smallest absolute Gasteiger partial charge is 0.303 e. The van der Waals surface area contributed by atoms with Crippen molar-refractivity contribution in [2.45, 2.75) is 91.1 Å². The van der Waals surface area contributed by atoms with Crippen LogP contribution in [0.25, 0.3) is 0 Å². The van der Waals surface area contributed by atoms with Crippen LogP contribution in [0, 0.1) is 46.3 Å². The Balaban J connectivity index is 1.56. The summed E-state index contributed by atoms with van der Waals surface area (Å²) in [6, 6.07) is 0. The maximum absolute atomic E-state index is 12.1. The third-order valence-electron chi connectivity index (χ3n) is 10.1. The molecule has 0 aliphatic heterocycles. The second-order valence-electron chi connectivity index (χ2n) is 11.2. The zero-order chi connectivity index (χ0) is 20.3. The first-order valence-corrected chi connectivity index (χ1v) is 11.6. The van der Waals surface area contributed by atoms with Gasteiger partial charge < -0.3 is 10.2 Å². The van der Waals surface area contributed by atoms with Crippen LogP contribution in [0.4, 0.5) is 0 Å². The number of carbonyl (C=O) groups excluding carboxylic acids is 1. The van der Waals surface area contributed by atoms with E-state index in [2.05, 4.69) is 20.8 Å². The maximum Gasteiger partial charge on any atom is 0.303 e. The molecule has 0 amide bonds. The van der Waals surface area contributed by atoms with Crippen molar-refractivity contribution in [1.29, 1.82) is 0 Å². The van der Waals surface area contributed by atoms with Crippen molar-refractivity contribution < 1.29 is 19.8 Å². The standard InChI is InChI=1S/C24H38O4/c1-14(4-7-21(27)28)17-5-6-18-22-19(9-11-24(17,18)3)23(2)10-8-16(25)12-15(23)13-20(22)26/h14-15,17-20,22,26H,4-13H2,1-3H3,(H,27,28)/t14-,15-,17-,18+,19+,20-,22+,23+,24-/m1/s1. The van der Waals surface area contributed by atoms with Crippen LogP contribution in [-0.4, -0.2) is 28.1 Å². The number of aliphatic hydroxyl groups is 1. The number of carbonyl (C=O) groups is 2. The van der Waals surface area contributed by atoms with E-state index in [9.17, 15) is 14.7 Å². The fraction of sp³-hybridized carbons (Fsp3) is 0.917. The second kappa shape index (κ2) is 7.11. The summed E-state index contributed by atoms with van der Waals surface area (Å²) in [6.07, 6.45) is 8.68. The highest BCUT2D eigenvalue weighted by atomic mass is 16.4. The Bertz CT molecular complexity index is 645. The van der Waals surface area contributed by atoms with Crippen LogP contribution >= 0.6 is 0 Å². The summed E-state index contributed by atoms with van der Waals surface area (Å²) in [6.45, 7) is 7.10. The lowest BCUT2D eigenvalue weighted by atomic mass is 9.44. The highest BCUT2D eigenvalue weighted by Gasteiger charge is 2.62. The fourth-order valence-electron chi connectivity index (χ4n) is 8.54. The van der Waals surface area contributed by atoms with Crippen molar-refractivity contribution in [3.63, 3.8) is 0 Å². The van der Waals surface area contributed by atoms with E-state index < -0.39 is 5.97 Å². The molecule has 0 aromatic carbocycles. The zero-order valence-electron chi connectivity index (χ0n) is 17.8. The number of hydrogen-bond acceptors (Lipinski definition) is 3. The molecule has 0 saturated heterocycles. The SMILES string of the molecule is C[C@H](CCC(=O)O)[C@H]1CC[C@H]2[C@@H]3[C@H](O)C[C@H]4CC(=O)CC[C@]4(C)[C@H]3CC[C@]12C. The predicted octanol–water partition coefficient (Wildman–Crippen LogP) is 4.69. The van der Waals surface area contributed by atoms with Crippen molar-refractivity contribution in [1.82, 2.24) is 0 Å². The lowest BCUT2D eigenvalue weighted by molar-refractivity contribution is -0.169.